The zero-order valence-electron chi connectivity index (χ0n) is 17.1. The lowest BCUT2D eigenvalue weighted by Crippen LogP contribution is -2.27. The number of fused-ring (bicyclic) bond motifs is 1. The first kappa shape index (κ1) is 21.3. The molecule has 2 amide bonds. The summed E-state index contributed by atoms with van der Waals surface area (Å²) in [5.41, 5.74) is 1.58. The maximum absolute atomic E-state index is 13.0. The van der Waals surface area contributed by atoms with Crippen molar-refractivity contribution < 1.29 is 19.1 Å². The number of thioether (sulfide) groups is 1. The molecule has 0 atom stereocenters. The fraction of sp³-hybridized carbons (Fsp3) is 0.167. The molecule has 0 aliphatic carbocycles. The largest absolute Gasteiger partial charge is 0.491 e. The van der Waals surface area contributed by atoms with E-state index in [-0.39, 0.29) is 17.7 Å². The van der Waals surface area contributed by atoms with Crippen molar-refractivity contribution in [2.24, 2.45) is 0 Å². The molecule has 0 saturated carbocycles. The van der Waals surface area contributed by atoms with Crippen molar-refractivity contribution in [2.75, 3.05) is 13.7 Å². The molecule has 3 aromatic carbocycles. The molecule has 158 valence electrons. The van der Waals surface area contributed by atoms with E-state index in [0.717, 1.165) is 28.1 Å². The average molecular weight is 454 g/mol. The van der Waals surface area contributed by atoms with Crippen molar-refractivity contribution >= 4 is 51.4 Å². The van der Waals surface area contributed by atoms with Crippen LogP contribution in [-0.2, 0) is 11.3 Å². The van der Waals surface area contributed by atoms with Gasteiger partial charge in [-0.15, -0.1) is 0 Å². The number of nitrogens with zero attached hydrogens (tertiary/aromatic N) is 1. The summed E-state index contributed by atoms with van der Waals surface area (Å²) in [6.07, 6.45) is 1.65. The number of hydrogen-bond acceptors (Lipinski definition) is 5. The maximum atomic E-state index is 13.0. The Morgan fingerprint density at radius 2 is 1.87 bits per heavy atom. The Morgan fingerprint density at radius 1 is 1.10 bits per heavy atom. The number of amides is 2. The van der Waals surface area contributed by atoms with Crippen LogP contribution in [0.15, 0.2) is 59.5 Å². The summed E-state index contributed by atoms with van der Waals surface area (Å²) < 4.78 is 10.9. The minimum absolute atomic E-state index is 0.219. The monoisotopic (exact) mass is 453 g/mol. The lowest BCUT2D eigenvalue weighted by Gasteiger charge is -2.14. The summed E-state index contributed by atoms with van der Waals surface area (Å²) in [4.78, 5) is 27.2. The standard InChI is InChI=1S/C24H20ClNO4S/c1-3-30-20-12-15(11-19(25)22(20)29-2)13-21-23(27)26(24(28)31-21)14-17-9-6-8-16-7-4-5-10-18(16)17/h4-13H,3,14H2,1-2H3/b21-13-. The van der Waals surface area contributed by atoms with Crippen LogP contribution in [0.1, 0.15) is 18.1 Å². The van der Waals surface area contributed by atoms with Crippen molar-refractivity contribution in [2.45, 2.75) is 13.5 Å². The second kappa shape index (κ2) is 9.04. The van der Waals surface area contributed by atoms with Gasteiger partial charge in [-0.2, -0.15) is 0 Å². The van der Waals surface area contributed by atoms with Crippen LogP contribution in [-0.4, -0.2) is 29.8 Å². The van der Waals surface area contributed by atoms with Gasteiger partial charge < -0.3 is 9.47 Å². The third-order valence-corrected chi connectivity index (χ3v) is 6.10. The van der Waals surface area contributed by atoms with E-state index < -0.39 is 0 Å². The van der Waals surface area contributed by atoms with Gasteiger partial charge in [0.15, 0.2) is 11.5 Å². The summed E-state index contributed by atoms with van der Waals surface area (Å²) in [5, 5.41) is 2.17. The van der Waals surface area contributed by atoms with Gasteiger partial charge in [0.2, 0.25) is 0 Å². The number of rotatable bonds is 6. The van der Waals surface area contributed by atoms with Gasteiger partial charge in [-0.3, -0.25) is 14.5 Å². The first-order valence-corrected chi connectivity index (χ1v) is 10.9. The molecular formula is C24H20ClNO4S. The molecule has 0 aromatic heterocycles. The fourth-order valence-corrected chi connectivity index (χ4v) is 4.66. The Kier molecular flexibility index (Phi) is 6.20. The van der Waals surface area contributed by atoms with Crippen LogP contribution in [0.3, 0.4) is 0 Å². The fourth-order valence-electron chi connectivity index (χ4n) is 3.52. The van der Waals surface area contributed by atoms with E-state index in [4.69, 9.17) is 21.1 Å². The van der Waals surface area contributed by atoms with Gasteiger partial charge in [0.1, 0.15) is 0 Å². The summed E-state index contributed by atoms with van der Waals surface area (Å²) in [6.45, 7) is 2.52. The molecule has 0 unspecified atom stereocenters. The molecule has 4 rings (SSSR count). The van der Waals surface area contributed by atoms with E-state index in [0.29, 0.717) is 33.6 Å². The van der Waals surface area contributed by atoms with Crippen LogP contribution in [0, 0.1) is 0 Å². The quantitative estimate of drug-likeness (QED) is 0.420. The Hall–Kier alpha value is -2.96. The van der Waals surface area contributed by atoms with Crippen molar-refractivity contribution in [3.05, 3.63) is 75.7 Å². The molecule has 0 spiro atoms. The highest BCUT2D eigenvalue weighted by atomic mass is 35.5. The zero-order chi connectivity index (χ0) is 22.0. The van der Waals surface area contributed by atoms with E-state index >= 15 is 0 Å². The van der Waals surface area contributed by atoms with Gasteiger partial charge in [0.05, 0.1) is 30.2 Å². The molecular weight excluding hydrogens is 434 g/mol. The second-order valence-electron chi connectivity index (χ2n) is 6.87. The molecule has 3 aromatic rings. The zero-order valence-corrected chi connectivity index (χ0v) is 18.6. The maximum Gasteiger partial charge on any atom is 0.293 e. The smallest absolute Gasteiger partial charge is 0.293 e. The molecule has 0 radical (unpaired) electrons. The number of carbonyl (C=O) groups is 2. The Morgan fingerprint density at radius 3 is 2.65 bits per heavy atom. The van der Waals surface area contributed by atoms with Gasteiger partial charge in [-0.25, -0.2) is 0 Å². The van der Waals surface area contributed by atoms with Gasteiger partial charge in [0.25, 0.3) is 11.1 Å². The molecule has 5 nitrogen and oxygen atoms in total. The summed E-state index contributed by atoms with van der Waals surface area (Å²) in [6, 6.07) is 17.2. The third kappa shape index (κ3) is 4.27. The number of hydrogen-bond donors (Lipinski definition) is 0. The summed E-state index contributed by atoms with van der Waals surface area (Å²) >= 11 is 7.23. The Balaban J connectivity index is 1.63. The molecule has 1 aliphatic rings. The lowest BCUT2D eigenvalue weighted by molar-refractivity contribution is -0.123. The van der Waals surface area contributed by atoms with Gasteiger partial charge >= 0.3 is 0 Å². The highest BCUT2D eigenvalue weighted by Crippen LogP contribution is 2.39. The van der Waals surface area contributed by atoms with Crippen molar-refractivity contribution in [1.82, 2.24) is 4.90 Å². The lowest BCUT2D eigenvalue weighted by atomic mass is 10.0. The molecule has 0 N–H and O–H groups in total. The average Bonchev–Trinajstić information content (AvgIpc) is 3.01. The van der Waals surface area contributed by atoms with Gasteiger partial charge in [-0.05, 0) is 58.8 Å². The van der Waals surface area contributed by atoms with Crippen LogP contribution in [0.25, 0.3) is 16.8 Å². The normalized spacial score (nSPS) is 15.2. The van der Waals surface area contributed by atoms with Crippen LogP contribution in [0.5, 0.6) is 11.5 Å². The molecule has 0 bridgehead atoms. The van der Waals surface area contributed by atoms with Crippen molar-refractivity contribution in [3.63, 3.8) is 0 Å². The number of carbonyl (C=O) groups excluding carboxylic acids is 2. The highest BCUT2D eigenvalue weighted by molar-refractivity contribution is 8.18. The third-order valence-electron chi connectivity index (χ3n) is 4.92. The van der Waals surface area contributed by atoms with E-state index in [1.807, 2.05) is 49.4 Å². The Labute approximate surface area is 189 Å². The molecule has 31 heavy (non-hydrogen) atoms. The second-order valence-corrected chi connectivity index (χ2v) is 8.27. The SMILES string of the molecule is CCOc1cc(/C=C2\SC(=O)N(Cc3cccc4ccccc34)C2=O)cc(Cl)c1OC. The minimum atomic E-state index is -0.326. The van der Waals surface area contributed by atoms with E-state index in [1.54, 1.807) is 18.2 Å². The number of ether oxygens (including phenoxy) is 2. The first-order valence-electron chi connectivity index (χ1n) is 9.74. The number of imide groups is 1. The van der Waals surface area contributed by atoms with E-state index in [1.165, 1.54) is 12.0 Å². The molecule has 1 saturated heterocycles. The van der Waals surface area contributed by atoms with Gasteiger partial charge in [-0.1, -0.05) is 54.1 Å². The van der Waals surface area contributed by atoms with E-state index in [2.05, 4.69) is 0 Å². The van der Waals surface area contributed by atoms with E-state index in [9.17, 15) is 9.59 Å². The number of methoxy groups -OCH3 is 1. The molecule has 1 heterocycles. The van der Waals surface area contributed by atoms with Crippen LogP contribution in [0.2, 0.25) is 5.02 Å². The van der Waals surface area contributed by atoms with Crippen LogP contribution < -0.4 is 9.47 Å². The Bertz CT molecular complexity index is 1200. The predicted octanol–water partition coefficient (Wildman–Crippen LogP) is 6.14. The number of halogens is 1. The summed E-state index contributed by atoms with van der Waals surface area (Å²) in [7, 11) is 1.52. The van der Waals surface area contributed by atoms with Crippen LogP contribution in [0.4, 0.5) is 4.79 Å². The van der Waals surface area contributed by atoms with Crippen molar-refractivity contribution in [1.29, 1.82) is 0 Å². The van der Waals surface area contributed by atoms with Crippen LogP contribution >= 0.6 is 23.4 Å². The molecule has 1 fully saturated rings. The van der Waals surface area contributed by atoms with Gasteiger partial charge in [0, 0.05) is 0 Å². The van der Waals surface area contributed by atoms with Crippen molar-refractivity contribution in [3.8, 4) is 11.5 Å². The first-order chi connectivity index (χ1) is 15.0. The molecule has 7 heteroatoms. The summed E-state index contributed by atoms with van der Waals surface area (Å²) in [5.74, 6) is 0.594. The number of benzene rings is 3. The predicted molar refractivity (Wildman–Crippen MR) is 125 cm³/mol. The minimum Gasteiger partial charge on any atom is -0.491 e. The highest BCUT2D eigenvalue weighted by Gasteiger charge is 2.35. The topological polar surface area (TPSA) is 55.8 Å². The molecule has 1 aliphatic heterocycles.